The number of rotatable bonds is 24. The summed E-state index contributed by atoms with van der Waals surface area (Å²) >= 11 is 0. The van der Waals surface area contributed by atoms with Crippen molar-refractivity contribution in [3.8, 4) is 0 Å². The van der Waals surface area contributed by atoms with Crippen molar-refractivity contribution >= 4 is 0 Å². The van der Waals surface area contributed by atoms with Crippen molar-refractivity contribution in [2.75, 3.05) is 27.3 Å². The molecule has 0 fully saturated rings. The quantitative estimate of drug-likeness (QED) is 0.111. The Morgan fingerprint density at radius 3 is 1.77 bits per heavy atom. The molecule has 0 aliphatic heterocycles. The fraction of sp³-hybridized carbons (Fsp3) is 0.862. The molecule has 0 aliphatic carbocycles. The zero-order valence-corrected chi connectivity index (χ0v) is 21.9. The third kappa shape index (κ3) is 23.9. The Morgan fingerprint density at radius 1 is 0.613 bits per heavy atom. The highest BCUT2D eigenvalue weighted by Crippen LogP contribution is 2.12. The summed E-state index contributed by atoms with van der Waals surface area (Å²) in [5, 5.41) is 0. The summed E-state index contributed by atoms with van der Waals surface area (Å²) in [5.41, 5.74) is 0. The van der Waals surface area contributed by atoms with Crippen LogP contribution in [0.25, 0.3) is 0 Å². The highest BCUT2D eigenvalue weighted by Gasteiger charge is 2.10. The van der Waals surface area contributed by atoms with E-state index in [1.54, 1.807) is 0 Å². The molecule has 1 atom stereocenters. The van der Waals surface area contributed by atoms with Gasteiger partial charge in [0.25, 0.3) is 0 Å². The molecule has 0 unspecified atom stereocenters. The summed E-state index contributed by atoms with van der Waals surface area (Å²) in [5.74, 6) is 0. The van der Waals surface area contributed by atoms with E-state index < -0.39 is 0 Å². The van der Waals surface area contributed by atoms with E-state index in [1.807, 2.05) is 0 Å². The van der Waals surface area contributed by atoms with Gasteiger partial charge >= 0.3 is 0 Å². The first-order valence-electron chi connectivity index (χ1n) is 13.8. The number of nitrogens with zero attached hydrogens (tertiary/aromatic N) is 1. The van der Waals surface area contributed by atoms with E-state index in [-0.39, 0.29) is 0 Å². The Bertz CT molecular complexity index is 388. The average Bonchev–Trinajstić information content (AvgIpc) is 2.76. The minimum atomic E-state index is 0.589. The van der Waals surface area contributed by atoms with Gasteiger partial charge in [0, 0.05) is 12.6 Å². The minimum absolute atomic E-state index is 0.589. The van der Waals surface area contributed by atoms with Crippen LogP contribution in [-0.4, -0.2) is 38.3 Å². The molecule has 0 aromatic rings. The van der Waals surface area contributed by atoms with E-state index in [9.17, 15) is 0 Å². The van der Waals surface area contributed by atoms with Gasteiger partial charge in [-0.1, -0.05) is 109 Å². The lowest BCUT2D eigenvalue weighted by Crippen LogP contribution is -2.32. The summed E-state index contributed by atoms with van der Waals surface area (Å²) in [6.07, 6.45) is 33.1. The molecule has 0 amide bonds. The normalized spacial score (nSPS) is 13.2. The molecular weight excluding hydrogens is 378 g/mol. The molecule has 0 N–H and O–H groups in total. The van der Waals surface area contributed by atoms with E-state index in [0.29, 0.717) is 6.04 Å². The van der Waals surface area contributed by atoms with Crippen LogP contribution in [0.4, 0.5) is 0 Å². The van der Waals surface area contributed by atoms with Crippen LogP contribution < -0.4 is 0 Å². The first-order chi connectivity index (χ1) is 15.2. The molecule has 0 aliphatic rings. The van der Waals surface area contributed by atoms with Crippen LogP contribution in [0.3, 0.4) is 0 Å². The van der Waals surface area contributed by atoms with E-state index in [4.69, 9.17) is 4.74 Å². The maximum absolute atomic E-state index is 6.00. The lowest BCUT2D eigenvalue weighted by molar-refractivity contribution is 0.0721. The highest BCUT2D eigenvalue weighted by molar-refractivity contribution is 4.92. The van der Waals surface area contributed by atoms with Gasteiger partial charge in [-0.25, -0.2) is 0 Å². The maximum Gasteiger partial charge on any atom is 0.0621 e. The smallest absolute Gasteiger partial charge is 0.0621 e. The van der Waals surface area contributed by atoms with Crippen molar-refractivity contribution in [3.05, 3.63) is 24.3 Å². The molecule has 0 aromatic carbocycles. The maximum atomic E-state index is 6.00. The molecule has 184 valence electrons. The molecule has 2 heteroatoms. The van der Waals surface area contributed by atoms with Crippen molar-refractivity contribution in [1.82, 2.24) is 4.90 Å². The molecule has 0 saturated heterocycles. The zero-order valence-electron chi connectivity index (χ0n) is 21.9. The molecule has 0 heterocycles. The number of allylic oxidation sites excluding steroid dienone is 4. The van der Waals surface area contributed by atoms with Gasteiger partial charge in [0.1, 0.15) is 0 Å². The number of likely N-dealkylation sites (N-methyl/N-ethyl adjacent to an activating group) is 1. The van der Waals surface area contributed by atoms with E-state index >= 15 is 0 Å². The van der Waals surface area contributed by atoms with Crippen LogP contribution in [0, 0.1) is 0 Å². The van der Waals surface area contributed by atoms with Gasteiger partial charge < -0.3 is 9.64 Å². The Balaban J connectivity index is 3.41. The summed E-state index contributed by atoms with van der Waals surface area (Å²) < 4.78 is 6.00. The Morgan fingerprint density at radius 2 is 1.13 bits per heavy atom. The van der Waals surface area contributed by atoms with Crippen molar-refractivity contribution in [3.63, 3.8) is 0 Å². The second kappa shape index (κ2) is 25.7. The summed E-state index contributed by atoms with van der Waals surface area (Å²) in [4.78, 5) is 2.35. The van der Waals surface area contributed by atoms with Crippen LogP contribution in [0.1, 0.15) is 129 Å². The second-order valence-corrected chi connectivity index (χ2v) is 9.48. The fourth-order valence-corrected chi connectivity index (χ4v) is 3.89. The summed E-state index contributed by atoms with van der Waals surface area (Å²) in [6.45, 7) is 6.39. The number of unbranched alkanes of at least 4 members (excludes halogenated alkanes) is 13. The third-order valence-corrected chi connectivity index (χ3v) is 6.17. The first-order valence-corrected chi connectivity index (χ1v) is 13.8. The van der Waals surface area contributed by atoms with E-state index in [1.165, 1.54) is 109 Å². The van der Waals surface area contributed by atoms with Gasteiger partial charge in [0.05, 0.1) is 6.61 Å². The molecule has 0 radical (unpaired) electrons. The molecule has 0 aromatic heterocycles. The van der Waals surface area contributed by atoms with Crippen molar-refractivity contribution < 1.29 is 4.74 Å². The van der Waals surface area contributed by atoms with Crippen molar-refractivity contribution in [2.45, 2.75) is 135 Å². The van der Waals surface area contributed by atoms with Gasteiger partial charge in [-0.3, -0.25) is 0 Å². The molecule has 0 saturated carbocycles. The van der Waals surface area contributed by atoms with Crippen molar-refractivity contribution in [2.24, 2.45) is 0 Å². The van der Waals surface area contributed by atoms with Gasteiger partial charge in [0.2, 0.25) is 0 Å². The number of hydrogen-bond acceptors (Lipinski definition) is 2. The van der Waals surface area contributed by atoms with Crippen LogP contribution in [0.2, 0.25) is 0 Å². The van der Waals surface area contributed by atoms with Crippen LogP contribution in [0.5, 0.6) is 0 Å². The number of ether oxygens (including phenoxy) is 1. The SMILES string of the molecule is CCCCCC=CCC=CCCCCCCCCOC[C@H](CCCCCCC)N(C)C. The molecular formula is C29H57NO. The average molecular weight is 436 g/mol. The lowest BCUT2D eigenvalue weighted by Gasteiger charge is -2.24. The predicted molar refractivity (Wildman–Crippen MR) is 141 cm³/mol. The third-order valence-electron chi connectivity index (χ3n) is 6.17. The van der Waals surface area contributed by atoms with Crippen LogP contribution >= 0.6 is 0 Å². The van der Waals surface area contributed by atoms with Gasteiger partial charge in [-0.05, 0) is 59.0 Å². The fourth-order valence-electron chi connectivity index (χ4n) is 3.89. The second-order valence-electron chi connectivity index (χ2n) is 9.48. The molecule has 31 heavy (non-hydrogen) atoms. The predicted octanol–water partition coefficient (Wildman–Crippen LogP) is 9.11. The van der Waals surface area contributed by atoms with Crippen molar-refractivity contribution in [1.29, 1.82) is 0 Å². The summed E-state index contributed by atoms with van der Waals surface area (Å²) in [6, 6.07) is 0.589. The summed E-state index contributed by atoms with van der Waals surface area (Å²) in [7, 11) is 4.39. The molecule has 0 bridgehead atoms. The number of hydrogen-bond donors (Lipinski definition) is 0. The van der Waals surface area contributed by atoms with E-state index in [0.717, 1.165) is 19.6 Å². The van der Waals surface area contributed by atoms with E-state index in [2.05, 4.69) is 57.1 Å². The molecule has 0 rings (SSSR count). The zero-order chi connectivity index (χ0) is 22.8. The first kappa shape index (κ1) is 30.4. The van der Waals surface area contributed by atoms with Crippen LogP contribution in [0.15, 0.2) is 24.3 Å². The Hall–Kier alpha value is -0.600. The largest absolute Gasteiger partial charge is 0.380 e. The topological polar surface area (TPSA) is 12.5 Å². The highest BCUT2D eigenvalue weighted by atomic mass is 16.5. The van der Waals surface area contributed by atoms with Gasteiger partial charge in [-0.15, -0.1) is 0 Å². The lowest BCUT2D eigenvalue weighted by atomic mass is 10.1. The standard InChI is InChI=1S/C29H57NO/c1-5-7-9-11-12-13-14-15-16-17-18-19-20-21-23-25-27-31-28-29(30(3)4)26-24-22-10-8-6-2/h12-13,15-16,29H,5-11,14,17-28H2,1-4H3/t29-/m0/s1. The monoisotopic (exact) mass is 435 g/mol. The van der Waals surface area contributed by atoms with Gasteiger partial charge in [-0.2, -0.15) is 0 Å². The minimum Gasteiger partial charge on any atom is -0.380 e. The Kier molecular flexibility index (Phi) is 25.2. The Labute approximate surface area is 196 Å². The van der Waals surface area contributed by atoms with Crippen LogP contribution in [-0.2, 0) is 4.74 Å². The molecule has 0 spiro atoms. The van der Waals surface area contributed by atoms with Gasteiger partial charge in [0.15, 0.2) is 0 Å². The molecule has 2 nitrogen and oxygen atoms in total.